The number of hydrogen-bond acceptors (Lipinski definition) is 3. The zero-order chi connectivity index (χ0) is 21.7. The van der Waals surface area contributed by atoms with Crippen molar-refractivity contribution in [2.45, 2.75) is 40.2 Å². The molecule has 0 bridgehead atoms. The quantitative estimate of drug-likeness (QED) is 0.626. The smallest absolute Gasteiger partial charge is 0.319 e. The molecule has 2 aromatic rings. The van der Waals surface area contributed by atoms with Crippen LogP contribution >= 0.6 is 0 Å². The Balaban J connectivity index is 1.94. The summed E-state index contributed by atoms with van der Waals surface area (Å²) in [4.78, 5) is 39.0. The average molecular weight is 400 g/mol. The Bertz CT molecular complexity index is 1060. The van der Waals surface area contributed by atoms with Gasteiger partial charge in [-0.1, -0.05) is 0 Å². The summed E-state index contributed by atoms with van der Waals surface area (Å²) in [6, 6.07) is 3.60. The van der Waals surface area contributed by atoms with Gasteiger partial charge in [0, 0.05) is 11.1 Å². The van der Waals surface area contributed by atoms with Crippen LogP contribution in [-0.4, -0.2) is 29.2 Å². The summed E-state index contributed by atoms with van der Waals surface area (Å²) in [5.74, 6) is -2.77. The number of hydrogen-bond donors (Lipinski definition) is 1. The highest BCUT2D eigenvalue weighted by Crippen LogP contribution is 2.31. The molecule has 5 nitrogen and oxygen atoms in total. The minimum absolute atomic E-state index is 0.288. The van der Waals surface area contributed by atoms with Crippen molar-refractivity contribution in [3.63, 3.8) is 0 Å². The van der Waals surface area contributed by atoms with Gasteiger partial charge >= 0.3 is 6.03 Å². The fraction of sp³-hybridized carbons (Fsp3) is 0.318. The predicted octanol–water partition coefficient (Wildman–Crippen LogP) is 3.85. The second kappa shape index (κ2) is 7.06. The number of benzene rings is 2. The van der Waals surface area contributed by atoms with Crippen LogP contribution in [0.3, 0.4) is 0 Å². The molecular formula is C22H22F2N2O3. The monoisotopic (exact) mass is 400 g/mol. The Hall–Kier alpha value is -3.09. The number of urea groups is 1. The molecule has 1 aliphatic rings. The number of nitrogens with zero attached hydrogens (tertiary/aromatic N) is 1. The van der Waals surface area contributed by atoms with Gasteiger partial charge in [0.15, 0.2) is 5.78 Å². The molecule has 0 unspecified atom stereocenters. The summed E-state index contributed by atoms with van der Waals surface area (Å²) in [5.41, 5.74) is 2.10. The van der Waals surface area contributed by atoms with Crippen LogP contribution in [0.1, 0.15) is 45.1 Å². The summed E-state index contributed by atoms with van der Waals surface area (Å²) >= 11 is 0. The summed E-state index contributed by atoms with van der Waals surface area (Å²) in [6.45, 7) is 8.37. The van der Waals surface area contributed by atoms with Crippen molar-refractivity contribution >= 4 is 17.7 Å². The minimum atomic E-state index is -1.79. The molecule has 0 radical (unpaired) electrons. The molecule has 1 fully saturated rings. The molecule has 152 valence electrons. The second-order valence-corrected chi connectivity index (χ2v) is 7.61. The molecule has 1 heterocycles. The van der Waals surface area contributed by atoms with Gasteiger partial charge in [0.05, 0.1) is 6.54 Å². The van der Waals surface area contributed by atoms with Crippen molar-refractivity contribution in [1.29, 1.82) is 0 Å². The van der Waals surface area contributed by atoms with Crippen molar-refractivity contribution in [3.8, 4) is 0 Å². The van der Waals surface area contributed by atoms with E-state index in [0.717, 1.165) is 45.4 Å². The number of carbonyl (C=O) groups excluding carboxylic acids is 3. The first kappa shape index (κ1) is 20.6. The molecule has 1 atom stereocenters. The highest BCUT2D eigenvalue weighted by molar-refractivity contribution is 6.11. The summed E-state index contributed by atoms with van der Waals surface area (Å²) in [6.07, 6.45) is 0. The SMILES string of the molecule is Cc1cc(C(=O)CN2C(=O)N[C@@](C)(c3cc(F)ccc3F)C2=O)c(C)c(C)c1C. The minimum Gasteiger partial charge on any atom is -0.319 e. The number of nitrogens with one attached hydrogen (secondary N) is 1. The number of amides is 3. The third kappa shape index (κ3) is 3.30. The number of rotatable bonds is 4. The lowest BCUT2D eigenvalue weighted by Gasteiger charge is -2.23. The van der Waals surface area contributed by atoms with Gasteiger partial charge in [0.1, 0.15) is 17.2 Å². The first-order valence-corrected chi connectivity index (χ1v) is 9.17. The molecule has 3 amide bonds. The van der Waals surface area contributed by atoms with E-state index >= 15 is 0 Å². The Morgan fingerprint density at radius 2 is 1.69 bits per heavy atom. The van der Waals surface area contributed by atoms with Crippen molar-refractivity contribution in [1.82, 2.24) is 10.2 Å². The van der Waals surface area contributed by atoms with E-state index in [4.69, 9.17) is 0 Å². The summed E-state index contributed by atoms with van der Waals surface area (Å²) < 4.78 is 27.9. The van der Waals surface area contributed by atoms with E-state index in [1.54, 1.807) is 6.07 Å². The van der Waals surface area contributed by atoms with Crippen molar-refractivity contribution in [2.24, 2.45) is 0 Å². The van der Waals surface area contributed by atoms with Gasteiger partial charge in [-0.2, -0.15) is 0 Å². The number of Topliss-reactive ketones (excluding diaryl/α,β-unsaturated/α-hetero) is 1. The zero-order valence-electron chi connectivity index (χ0n) is 16.9. The van der Waals surface area contributed by atoms with Gasteiger partial charge in [-0.25, -0.2) is 13.6 Å². The van der Waals surface area contributed by atoms with E-state index in [1.807, 2.05) is 27.7 Å². The Labute approximate surface area is 167 Å². The molecule has 1 N–H and O–H groups in total. The van der Waals surface area contributed by atoms with E-state index in [0.29, 0.717) is 5.56 Å². The van der Waals surface area contributed by atoms with Gasteiger partial charge in [-0.3, -0.25) is 14.5 Å². The van der Waals surface area contributed by atoms with Crippen LogP contribution in [0.2, 0.25) is 0 Å². The first-order chi connectivity index (χ1) is 13.5. The normalized spacial score (nSPS) is 18.9. The fourth-order valence-electron chi connectivity index (χ4n) is 3.63. The fourth-order valence-corrected chi connectivity index (χ4v) is 3.63. The van der Waals surface area contributed by atoms with Crippen molar-refractivity contribution < 1.29 is 23.2 Å². The summed E-state index contributed by atoms with van der Waals surface area (Å²) in [5, 5.41) is 2.40. The maximum atomic E-state index is 14.2. The molecule has 1 saturated heterocycles. The molecule has 29 heavy (non-hydrogen) atoms. The van der Waals surface area contributed by atoms with Crippen molar-refractivity contribution in [2.75, 3.05) is 6.54 Å². The topological polar surface area (TPSA) is 66.5 Å². The van der Waals surface area contributed by atoms with E-state index in [2.05, 4.69) is 5.32 Å². The molecular weight excluding hydrogens is 378 g/mol. The van der Waals surface area contributed by atoms with Crippen LogP contribution in [0, 0.1) is 39.3 Å². The van der Waals surface area contributed by atoms with Gasteiger partial charge in [0.2, 0.25) is 0 Å². The largest absolute Gasteiger partial charge is 0.325 e. The van der Waals surface area contributed by atoms with Crippen LogP contribution in [0.5, 0.6) is 0 Å². The number of ketones is 1. The standard InChI is InChI=1S/C22H22F2N2O3/c1-11-8-16(14(4)13(3)12(11)2)19(27)10-26-20(28)22(5,25-21(26)29)17-9-15(23)6-7-18(17)24/h6-9H,10H2,1-5H3,(H,25,29)/t22-/m0/s1. The highest BCUT2D eigenvalue weighted by atomic mass is 19.1. The first-order valence-electron chi connectivity index (χ1n) is 9.17. The number of carbonyl (C=O) groups is 3. The van der Waals surface area contributed by atoms with Crippen LogP contribution in [0.4, 0.5) is 13.6 Å². The lowest BCUT2D eigenvalue weighted by Crippen LogP contribution is -2.42. The van der Waals surface area contributed by atoms with Gasteiger partial charge in [-0.05, 0) is 81.1 Å². The van der Waals surface area contributed by atoms with Crippen LogP contribution in [-0.2, 0) is 10.3 Å². The van der Waals surface area contributed by atoms with E-state index < -0.39 is 41.4 Å². The molecule has 2 aromatic carbocycles. The molecule has 3 rings (SSSR count). The van der Waals surface area contributed by atoms with E-state index in [1.165, 1.54) is 6.92 Å². The maximum absolute atomic E-state index is 14.2. The molecule has 0 aliphatic carbocycles. The Morgan fingerprint density at radius 1 is 1.03 bits per heavy atom. The maximum Gasteiger partial charge on any atom is 0.325 e. The summed E-state index contributed by atoms with van der Waals surface area (Å²) in [7, 11) is 0. The number of aryl methyl sites for hydroxylation is 1. The number of imide groups is 1. The predicted molar refractivity (Wildman–Crippen MR) is 104 cm³/mol. The van der Waals surface area contributed by atoms with E-state index in [9.17, 15) is 23.2 Å². The zero-order valence-corrected chi connectivity index (χ0v) is 16.9. The lowest BCUT2D eigenvalue weighted by atomic mass is 9.91. The molecule has 0 spiro atoms. The lowest BCUT2D eigenvalue weighted by molar-refractivity contribution is -0.130. The van der Waals surface area contributed by atoms with Crippen LogP contribution < -0.4 is 5.32 Å². The Kier molecular flexibility index (Phi) is 5.03. The molecule has 7 heteroatoms. The van der Waals surface area contributed by atoms with Gasteiger partial charge in [0.25, 0.3) is 5.91 Å². The average Bonchev–Trinajstić information content (AvgIpc) is 2.88. The highest BCUT2D eigenvalue weighted by Gasteiger charge is 2.50. The van der Waals surface area contributed by atoms with Crippen LogP contribution in [0.25, 0.3) is 0 Å². The third-order valence-corrected chi connectivity index (χ3v) is 5.83. The number of halogens is 2. The van der Waals surface area contributed by atoms with Crippen LogP contribution in [0.15, 0.2) is 24.3 Å². The van der Waals surface area contributed by atoms with Gasteiger partial charge < -0.3 is 5.32 Å². The molecule has 1 aliphatic heterocycles. The second-order valence-electron chi connectivity index (χ2n) is 7.61. The van der Waals surface area contributed by atoms with Crippen molar-refractivity contribution in [3.05, 3.63) is 69.3 Å². The molecule has 0 aromatic heterocycles. The Morgan fingerprint density at radius 3 is 2.34 bits per heavy atom. The molecule has 0 saturated carbocycles. The van der Waals surface area contributed by atoms with Gasteiger partial charge in [-0.15, -0.1) is 0 Å². The van der Waals surface area contributed by atoms with E-state index in [-0.39, 0.29) is 5.56 Å². The third-order valence-electron chi connectivity index (χ3n) is 5.83.